The third kappa shape index (κ3) is 5.43. The van der Waals surface area contributed by atoms with Gasteiger partial charge in [0.2, 0.25) is 5.91 Å². The molecule has 3 aliphatic rings. The van der Waals surface area contributed by atoms with Gasteiger partial charge in [-0.1, -0.05) is 13.8 Å². The third-order valence-electron chi connectivity index (χ3n) is 7.12. The standard InChI is InChI=1S/C25H33FN4O3/c1-25(2,13-24(32)33)12-23(31)27-14-19-10-17-8-9-30(19)15-20(17)22-11-21(28-29(22)3)16-4-6-18(26)7-5-16/h4-7,11,17,19-20H,8-10,12-15H2,1-3H3,(H,27,31)(H,32,33). The molecule has 0 aliphatic carbocycles. The first-order valence-electron chi connectivity index (χ1n) is 11.6. The van der Waals surface area contributed by atoms with Gasteiger partial charge in [-0.2, -0.15) is 5.10 Å². The number of aliphatic carboxylic acids is 1. The summed E-state index contributed by atoms with van der Waals surface area (Å²) < 4.78 is 15.2. The summed E-state index contributed by atoms with van der Waals surface area (Å²) in [5, 5.41) is 16.7. The Hall–Kier alpha value is -2.74. The lowest BCUT2D eigenvalue weighted by Crippen LogP contribution is -2.56. The number of benzene rings is 1. The summed E-state index contributed by atoms with van der Waals surface area (Å²) in [7, 11) is 1.97. The molecule has 8 heteroatoms. The first kappa shape index (κ1) is 23.4. The zero-order valence-electron chi connectivity index (χ0n) is 19.6. The van der Waals surface area contributed by atoms with Crippen LogP contribution < -0.4 is 5.32 Å². The molecule has 3 fully saturated rings. The van der Waals surface area contributed by atoms with Crippen LogP contribution in [0, 0.1) is 17.2 Å². The van der Waals surface area contributed by atoms with Crippen molar-refractivity contribution in [2.75, 3.05) is 19.6 Å². The van der Waals surface area contributed by atoms with Gasteiger partial charge in [0.05, 0.1) is 12.1 Å². The van der Waals surface area contributed by atoms with Crippen LogP contribution in [0.5, 0.6) is 0 Å². The number of hydrogen-bond acceptors (Lipinski definition) is 4. The van der Waals surface area contributed by atoms with Crippen molar-refractivity contribution in [2.24, 2.45) is 18.4 Å². The molecule has 0 saturated carbocycles. The molecule has 4 atom stereocenters. The van der Waals surface area contributed by atoms with Crippen LogP contribution in [0.4, 0.5) is 4.39 Å². The molecule has 3 saturated heterocycles. The fraction of sp³-hybridized carbons (Fsp3) is 0.560. The number of carboxylic acid groups (broad SMARTS) is 1. The maximum atomic E-state index is 13.3. The predicted molar refractivity (Wildman–Crippen MR) is 123 cm³/mol. The van der Waals surface area contributed by atoms with Crippen molar-refractivity contribution in [3.8, 4) is 11.3 Å². The lowest BCUT2D eigenvalue weighted by molar-refractivity contribution is -0.139. The number of nitrogens with zero attached hydrogens (tertiary/aromatic N) is 3. The fourth-order valence-electron chi connectivity index (χ4n) is 5.48. The zero-order chi connectivity index (χ0) is 23.8. The van der Waals surface area contributed by atoms with Crippen LogP contribution in [0.25, 0.3) is 11.3 Å². The van der Waals surface area contributed by atoms with Crippen molar-refractivity contribution >= 4 is 11.9 Å². The number of fused-ring (bicyclic) bond motifs is 3. The molecule has 178 valence electrons. The van der Waals surface area contributed by atoms with Gasteiger partial charge in [-0.05, 0) is 61.1 Å². The first-order chi connectivity index (χ1) is 15.6. The van der Waals surface area contributed by atoms with Crippen LogP contribution in [0.15, 0.2) is 30.3 Å². The Balaban J connectivity index is 1.36. The van der Waals surface area contributed by atoms with E-state index in [0.717, 1.165) is 37.2 Å². The van der Waals surface area contributed by atoms with E-state index in [1.165, 1.54) is 17.8 Å². The van der Waals surface area contributed by atoms with Crippen LogP contribution in [-0.4, -0.2) is 57.3 Å². The second kappa shape index (κ2) is 9.25. The quantitative estimate of drug-likeness (QED) is 0.636. The van der Waals surface area contributed by atoms with E-state index < -0.39 is 11.4 Å². The largest absolute Gasteiger partial charge is 0.481 e. The summed E-state index contributed by atoms with van der Waals surface area (Å²) in [4.78, 5) is 25.9. The summed E-state index contributed by atoms with van der Waals surface area (Å²) >= 11 is 0. The maximum Gasteiger partial charge on any atom is 0.303 e. The molecule has 1 amide bonds. The van der Waals surface area contributed by atoms with E-state index in [4.69, 9.17) is 5.11 Å². The van der Waals surface area contributed by atoms with Crippen LogP contribution in [0.1, 0.15) is 51.1 Å². The summed E-state index contributed by atoms with van der Waals surface area (Å²) in [6.45, 7) is 6.17. The number of aryl methyl sites for hydroxylation is 1. The molecule has 5 rings (SSSR count). The molecular formula is C25H33FN4O3. The SMILES string of the molecule is Cn1nc(-c2ccc(F)cc2)cc1C1CN2CCC1CC2CNC(=O)CC(C)(C)CC(=O)O. The van der Waals surface area contributed by atoms with Crippen LogP contribution in [0.3, 0.4) is 0 Å². The molecule has 1 aromatic heterocycles. The van der Waals surface area contributed by atoms with E-state index in [2.05, 4.69) is 21.4 Å². The summed E-state index contributed by atoms with van der Waals surface area (Å²) in [5.41, 5.74) is 2.40. The Labute approximate surface area is 194 Å². The molecular weight excluding hydrogens is 423 g/mol. The topological polar surface area (TPSA) is 87.5 Å². The van der Waals surface area contributed by atoms with Gasteiger partial charge >= 0.3 is 5.97 Å². The van der Waals surface area contributed by atoms with E-state index in [1.807, 2.05) is 25.6 Å². The molecule has 2 N–H and O–H groups in total. The second-order valence-electron chi connectivity index (χ2n) is 10.3. The van der Waals surface area contributed by atoms with Crippen LogP contribution >= 0.6 is 0 Å². The minimum Gasteiger partial charge on any atom is -0.481 e. The minimum atomic E-state index is -0.882. The number of rotatable bonds is 8. The van der Waals surface area contributed by atoms with Gasteiger partial charge in [0, 0.05) is 49.8 Å². The molecule has 2 bridgehead atoms. The molecule has 33 heavy (non-hydrogen) atoms. The van der Waals surface area contributed by atoms with E-state index in [0.29, 0.717) is 24.4 Å². The van der Waals surface area contributed by atoms with E-state index in [-0.39, 0.29) is 24.6 Å². The summed E-state index contributed by atoms with van der Waals surface area (Å²) in [5.74, 6) is -0.317. The first-order valence-corrected chi connectivity index (χ1v) is 11.6. The van der Waals surface area contributed by atoms with Gasteiger partial charge in [0.1, 0.15) is 5.82 Å². The Bertz CT molecular complexity index is 1020. The predicted octanol–water partition coefficient (Wildman–Crippen LogP) is 3.41. The highest BCUT2D eigenvalue weighted by Crippen LogP contribution is 2.42. The van der Waals surface area contributed by atoms with Crippen molar-refractivity contribution in [3.05, 3.63) is 41.8 Å². The Kier molecular flexibility index (Phi) is 6.56. The van der Waals surface area contributed by atoms with Crippen molar-refractivity contribution in [2.45, 2.75) is 51.5 Å². The molecule has 0 spiro atoms. The molecule has 4 heterocycles. The Morgan fingerprint density at radius 1 is 1.24 bits per heavy atom. The van der Waals surface area contributed by atoms with Gasteiger partial charge in [-0.25, -0.2) is 4.39 Å². The lowest BCUT2D eigenvalue weighted by Gasteiger charge is -2.50. The van der Waals surface area contributed by atoms with Gasteiger partial charge in [0.25, 0.3) is 0 Å². The zero-order valence-corrected chi connectivity index (χ0v) is 19.6. The van der Waals surface area contributed by atoms with Gasteiger partial charge < -0.3 is 10.4 Å². The summed E-state index contributed by atoms with van der Waals surface area (Å²) in [6.07, 6.45) is 2.32. The smallest absolute Gasteiger partial charge is 0.303 e. The number of piperidine rings is 3. The number of hydrogen-bond donors (Lipinski definition) is 2. The Morgan fingerprint density at radius 3 is 2.61 bits per heavy atom. The van der Waals surface area contributed by atoms with Crippen molar-refractivity contribution in [3.63, 3.8) is 0 Å². The maximum absolute atomic E-state index is 13.3. The van der Waals surface area contributed by atoms with Crippen molar-refractivity contribution in [1.82, 2.24) is 20.0 Å². The van der Waals surface area contributed by atoms with Crippen LogP contribution in [-0.2, 0) is 16.6 Å². The van der Waals surface area contributed by atoms with E-state index in [1.54, 1.807) is 12.1 Å². The number of aromatic nitrogens is 2. The Morgan fingerprint density at radius 2 is 1.97 bits per heavy atom. The van der Waals surface area contributed by atoms with E-state index in [9.17, 15) is 14.0 Å². The molecule has 7 nitrogen and oxygen atoms in total. The molecule has 1 aromatic carbocycles. The highest BCUT2D eigenvalue weighted by Gasteiger charge is 2.42. The van der Waals surface area contributed by atoms with E-state index >= 15 is 0 Å². The average Bonchev–Trinajstić information content (AvgIpc) is 3.13. The normalized spacial score (nSPS) is 24.6. The van der Waals surface area contributed by atoms with Gasteiger partial charge in [0.15, 0.2) is 0 Å². The average molecular weight is 457 g/mol. The molecule has 3 aliphatic heterocycles. The number of carbonyl (C=O) groups is 2. The lowest BCUT2D eigenvalue weighted by atomic mass is 9.74. The van der Waals surface area contributed by atoms with Gasteiger partial charge in [-0.15, -0.1) is 0 Å². The number of amides is 1. The monoisotopic (exact) mass is 456 g/mol. The number of carbonyl (C=O) groups excluding carboxylic acids is 1. The molecule has 4 unspecified atom stereocenters. The molecule has 0 radical (unpaired) electrons. The third-order valence-corrected chi connectivity index (χ3v) is 7.12. The van der Waals surface area contributed by atoms with Crippen molar-refractivity contribution in [1.29, 1.82) is 0 Å². The number of halogens is 1. The highest BCUT2D eigenvalue weighted by molar-refractivity contribution is 5.78. The second-order valence-corrected chi connectivity index (χ2v) is 10.3. The minimum absolute atomic E-state index is 0.0235. The van der Waals surface area contributed by atoms with Gasteiger partial charge in [-0.3, -0.25) is 19.2 Å². The number of carboxylic acids is 1. The van der Waals surface area contributed by atoms with Crippen molar-refractivity contribution < 1.29 is 19.1 Å². The molecule has 2 aromatic rings. The summed E-state index contributed by atoms with van der Waals surface area (Å²) in [6, 6.07) is 8.86. The fourth-order valence-corrected chi connectivity index (χ4v) is 5.48. The van der Waals surface area contributed by atoms with Crippen LogP contribution in [0.2, 0.25) is 0 Å². The highest BCUT2D eigenvalue weighted by atomic mass is 19.1. The number of nitrogens with one attached hydrogen (secondary N) is 1.